The molecule has 0 unspecified atom stereocenters. The summed E-state index contributed by atoms with van der Waals surface area (Å²) in [5.41, 5.74) is 7.83. The van der Waals surface area contributed by atoms with E-state index in [-0.39, 0.29) is 0 Å². The van der Waals surface area contributed by atoms with E-state index >= 15 is 0 Å². The van der Waals surface area contributed by atoms with E-state index in [0.29, 0.717) is 12.6 Å². The highest BCUT2D eigenvalue weighted by Gasteiger charge is 2.10. The van der Waals surface area contributed by atoms with Gasteiger partial charge in [0.05, 0.1) is 5.52 Å². The molecule has 0 atom stereocenters. The van der Waals surface area contributed by atoms with Gasteiger partial charge in [0.25, 0.3) is 0 Å². The summed E-state index contributed by atoms with van der Waals surface area (Å²) in [6.07, 6.45) is 0.905. The summed E-state index contributed by atoms with van der Waals surface area (Å²) in [6.45, 7) is 4.92. The molecule has 0 bridgehead atoms. The van der Waals surface area contributed by atoms with Gasteiger partial charge in [-0.25, -0.2) is 0 Å². The number of hydrogen-bond acceptors (Lipinski definition) is 2. The second kappa shape index (κ2) is 4.55. The van der Waals surface area contributed by atoms with Crippen molar-refractivity contribution in [3.05, 3.63) is 28.4 Å². The number of nitrogens with two attached hydrogens (primary N) is 1. The molecule has 3 nitrogen and oxygen atoms in total. The van der Waals surface area contributed by atoms with Gasteiger partial charge in [-0.1, -0.05) is 6.07 Å². The van der Waals surface area contributed by atoms with Crippen LogP contribution in [0, 0.1) is 0 Å². The Hall–Kier alpha value is -0.870. The van der Waals surface area contributed by atoms with Crippen LogP contribution in [-0.4, -0.2) is 16.3 Å². The van der Waals surface area contributed by atoms with E-state index in [2.05, 4.69) is 53.1 Å². The van der Waals surface area contributed by atoms with Crippen molar-refractivity contribution in [2.24, 2.45) is 5.73 Å². The molecule has 0 radical (unpaired) electrons. The summed E-state index contributed by atoms with van der Waals surface area (Å²) in [6, 6.07) is 6.70. The zero-order valence-electron chi connectivity index (χ0n) is 9.57. The minimum absolute atomic E-state index is 0.361. The molecule has 2 rings (SSSR count). The third kappa shape index (κ3) is 1.99. The normalized spacial score (nSPS) is 11.6. The first kappa shape index (κ1) is 11.6. The first-order valence-electron chi connectivity index (χ1n) is 5.50. The van der Waals surface area contributed by atoms with Gasteiger partial charge in [-0.2, -0.15) is 5.10 Å². The summed E-state index contributed by atoms with van der Waals surface area (Å²) in [5.74, 6) is 0. The summed E-state index contributed by atoms with van der Waals surface area (Å²) in [5, 5.41) is 5.75. The molecular weight excluding hydrogens is 266 g/mol. The van der Waals surface area contributed by atoms with Crippen LogP contribution in [0.2, 0.25) is 0 Å². The van der Waals surface area contributed by atoms with Gasteiger partial charge in [0.15, 0.2) is 0 Å². The molecule has 0 spiro atoms. The number of hydrogen-bond donors (Lipinski definition) is 1. The third-order valence-electron chi connectivity index (χ3n) is 2.62. The molecule has 0 saturated carbocycles. The summed E-state index contributed by atoms with van der Waals surface area (Å²) in [4.78, 5) is 0. The molecule has 86 valence electrons. The lowest BCUT2D eigenvalue weighted by Crippen LogP contribution is -2.02. The van der Waals surface area contributed by atoms with Gasteiger partial charge in [0, 0.05) is 11.4 Å². The van der Waals surface area contributed by atoms with Crippen molar-refractivity contribution in [2.45, 2.75) is 26.3 Å². The number of fused-ring (bicyclic) bond motifs is 1. The van der Waals surface area contributed by atoms with E-state index in [9.17, 15) is 0 Å². The Morgan fingerprint density at radius 3 is 2.81 bits per heavy atom. The van der Waals surface area contributed by atoms with Gasteiger partial charge >= 0.3 is 0 Å². The Morgan fingerprint density at radius 2 is 2.19 bits per heavy atom. The van der Waals surface area contributed by atoms with Gasteiger partial charge in [0.2, 0.25) is 0 Å². The molecule has 2 N–H and O–H groups in total. The standard InChI is InChI=1S/C12H16BrN3/c1-8(2)16-12(13)10-4-3-9(5-6-14)7-11(10)15-16/h3-4,7-8H,5-6,14H2,1-2H3. The van der Waals surface area contributed by atoms with Gasteiger partial charge in [-0.3, -0.25) is 4.68 Å². The third-order valence-corrected chi connectivity index (χ3v) is 3.41. The minimum Gasteiger partial charge on any atom is -0.330 e. The van der Waals surface area contributed by atoms with Crippen LogP contribution in [0.5, 0.6) is 0 Å². The monoisotopic (exact) mass is 281 g/mol. The van der Waals surface area contributed by atoms with Crippen LogP contribution in [-0.2, 0) is 6.42 Å². The van der Waals surface area contributed by atoms with Crippen molar-refractivity contribution in [3.63, 3.8) is 0 Å². The fourth-order valence-corrected chi connectivity index (χ4v) is 2.61. The Bertz CT molecular complexity index is 502. The number of benzene rings is 1. The van der Waals surface area contributed by atoms with Crippen molar-refractivity contribution in [2.75, 3.05) is 6.54 Å². The van der Waals surface area contributed by atoms with Crippen LogP contribution < -0.4 is 5.73 Å². The second-order valence-corrected chi connectivity index (χ2v) is 4.97. The van der Waals surface area contributed by atoms with Crippen molar-refractivity contribution in [1.29, 1.82) is 0 Å². The van der Waals surface area contributed by atoms with Gasteiger partial charge in [-0.15, -0.1) is 0 Å². The lowest BCUT2D eigenvalue weighted by atomic mass is 10.1. The van der Waals surface area contributed by atoms with Crippen molar-refractivity contribution >= 4 is 26.8 Å². The average molecular weight is 282 g/mol. The number of halogens is 1. The van der Waals surface area contributed by atoms with E-state index < -0.39 is 0 Å². The van der Waals surface area contributed by atoms with Gasteiger partial charge < -0.3 is 5.73 Å². The maximum atomic E-state index is 5.55. The van der Waals surface area contributed by atoms with E-state index in [4.69, 9.17) is 5.73 Å². The quantitative estimate of drug-likeness (QED) is 0.940. The Balaban J connectivity index is 2.54. The molecule has 16 heavy (non-hydrogen) atoms. The summed E-state index contributed by atoms with van der Waals surface area (Å²) < 4.78 is 3.05. The van der Waals surface area contributed by atoms with Crippen molar-refractivity contribution in [1.82, 2.24) is 9.78 Å². The smallest absolute Gasteiger partial charge is 0.112 e. The Morgan fingerprint density at radius 1 is 1.44 bits per heavy atom. The van der Waals surface area contributed by atoms with Gasteiger partial charge in [-0.05, 0) is 60.4 Å². The van der Waals surface area contributed by atoms with E-state index in [0.717, 1.165) is 21.9 Å². The maximum Gasteiger partial charge on any atom is 0.112 e. The predicted octanol–water partition coefficient (Wildman–Crippen LogP) is 2.88. The highest BCUT2D eigenvalue weighted by Crippen LogP contribution is 2.27. The van der Waals surface area contributed by atoms with Crippen LogP contribution in [0.25, 0.3) is 10.9 Å². The van der Waals surface area contributed by atoms with Gasteiger partial charge in [0.1, 0.15) is 4.60 Å². The fraction of sp³-hybridized carbons (Fsp3) is 0.417. The topological polar surface area (TPSA) is 43.8 Å². The summed E-state index contributed by atoms with van der Waals surface area (Å²) in [7, 11) is 0. The molecule has 1 aromatic heterocycles. The van der Waals surface area contributed by atoms with Crippen LogP contribution in [0.1, 0.15) is 25.5 Å². The Kier molecular flexibility index (Phi) is 3.30. The second-order valence-electron chi connectivity index (χ2n) is 4.22. The molecule has 1 aromatic carbocycles. The highest BCUT2D eigenvalue weighted by molar-refractivity contribution is 9.10. The average Bonchev–Trinajstić information content (AvgIpc) is 2.56. The van der Waals surface area contributed by atoms with Crippen LogP contribution in [0.3, 0.4) is 0 Å². The maximum absolute atomic E-state index is 5.55. The molecular formula is C12H16BrN3. The Labute approximate surface area is 104 Å². The fourth-order valence-electron chi connectivity index (χ4n) is 1.78. The van der Waals surface area contributed by atoms with Crippen LogP contribution >= 0.6 is 15.9 Å². The predicted molar refractivity (Wildman–Crippen MR) is 70.6 cm³/mol. The first-order chi connectivity index (χ1) is 7.63. The van der Waals surface area contributed by atoms with E-state index in [1.54, 1.807) is 0 Å². The molecule has 0 fully saturated rings. The molecule has 2 aromatic rings. The van der Waals surface area contributed by atoms with Crippen LogP contribution in [0.4, 0.5) is 0 Å². The molecule has 4 heteroatoms. The largest absolute Gasteiger partial charge is 0.330 e. The van der Waals surface area contributed by atoms with E-state index in [1.165, 1.54) is 5.56 Å². The molecule has 0 saturated heterocycles. The highest BCUT2D eigenvalue weighted by atomic mass is 79.9. The molecule has 0 aliphatic heterocycles. The molecule has 0 aliphatic carbocycles. The number of aromatic nitrogens is 2. The zero-order valence-corrected chi connectivity index (χ0v) is 11.2. The van der Waals surface area contributed by atoms with Crippen molar-refractivity contribution < 1.29 is 0 Å². The lowest BCUT2D eigenvalue weighted by molar-refractivity contribution is 0.527. The summed E-state index contributed by atoms with van der Waals surface area (Å²) >= 11 is 3.59. The van der Waals surface area contributed by atoms with Crippen LogP contribution in [0.15, 0.2) is 22.8 Å². The number of nitrogens with zero attached hydrogens (tertiary/aromatic N) is 2. The zero-order chi connectivity index (χ0) is 11.7. The SMILES string of the molecule is CC(C)n1nc2cc(CCN)ccc2c1Br. The first-order valence-corrected chi connectivity index (χ1v) is 6.29. The van der Waals surface area contributed by atoms with Crippen molar-refractivity contribution in [3.8, 4) is 0 Å². The minimum atomic E-state index is 0.361. The van der Waals surface area contributed by atoms with E-state index in [1.807, 2.05) is 4.68 Å². The lowest BCUT2D eigenvalue weighted by Gasteiger charge is -2.05. The molecule has 0 amide bonds. The number of rotatable bonds is 3. The molecule has 0 aliphatic rings. The molecule has 1 heterocycles.